The van der Waals surface area contributed by atoms with Crippen molar-refractivity contribution in [2.24, 2.45) is 0 Å². The number of aliphatic carboxylic acids is 1. The number of nitrogens with zero attached hydrogens (tertiary/aromatic N) is 1. The molecule has 1 aliphatic rings. The van der Waals surface area contributed by atoms with Crippen molar-refractivity contribution in [3.8, 4) is 0 Å². The summed E-state index contributed by atoms with van der Waals surface area (Å²) < 4.78 is 0. The fourth-order valence-corrected chi connectivity index (χ4v) is 2.93. The maximum absolute atomic E-state index is 12.5. The van der Waals surface area contributed by atoms with Gasteiger partial charge in [-0.2, -0.15) is 0 Å². The third-order valence-corrected chi connectivity index (χ3v) is 4.14. The van der Waals surface area contributed by atoms with Gasteiger partial charge in [-0.25, -0.2) is 4.79 Å². The van der Waals surface area contributed by atoms with Crippen LogP contribution in [0.25, 0.3) is 0 Å². The van der Waals surface area contributed by atoms with Crippen molar-refractivity contribution in [1.29, 1.82) is 0 Å². The number of carbonyl (C=O) groups is 3. The van der Waals surface area contributed by atoms with Gasteiger partial charge in [-0.3, -0.25) is 9.59 Å². The molecule has 2 rings (SSSR count). The molecule has 1 saturated heterocycles. The van der Waals surface area contributed by atoms with Crippen LogP contribution < -0.4 is 5.32 Å². The first-order valence-electron chi connectivity index (χ1n) is 7.43. The van der Waals surface area contributed by atoms with E-state index in [1.54, 1.807) is 24.3 Å². The number of hydrogen-bond donors (Lipinski definition) is 2. The molecule has 0 aromatic heterocycles. The summed E-state index contributed by atoms with van der Waals surface area (Å²) in [6.45, 7) is 1.81. The lowest BCUT2D eigenvalue weighted by Gasteiger charge is -2.25. The molecule has 0 unspecified atom stereocenters. The maximum atomic E-state index is 12.5. The highest BCUT2D eigenvalue weighted by molar-refractivity contribution is 6.30. The molecule has 1 fully saturated rings. The van der Waals surface area contributed by atoms with Crippen molar-refractivity contribution in [1.82, 2.24) is 10.2 Å². The van der Waals surface area contributed by atoms with Gasteiger partial charge in [-0.05, 0) is 30.5 Å². The predicted molar refractivity (Wildman–Crippen MR) is 85.0 cm³/mol. The minimum atomic E-state index is -0.988. The number of hydrogen-bond acceptors (Lipinski definition) is 3. The summed E-state index contributed by atoms with van der Waals surface area (Å²) in [5.41, 5.74) is 0.754. The lowest BCUT2D eigenvalue weighted by Crippen LogP contribution is -2.42. The molecule has 0 saturated carbocycles. The van der Waals surface area contributed by atoms with Gasteiger partial charge in [0.05, 0.1) is 12.5 Å². The minimum Gasteiger partial charge on any atom is -0.480 e. The fourth-order valence-electron chi connectivity index (χ4n) is 2.81. The van der Waals surface area contributed by atoms with Gasteiger partial charge in [0.15, 0.2) is 0 Å². The highest BCUT2D eigenvalue weighted by atomic mass is 35.5. The second-order valence-corrected chi connectivity index (χ2v) is 6.03. The van der Waals surface area contributed by atoms with E-state index in [1.165, 1.54) is 11.8 Å². The molecular weight excluding hydrogens is 320 g/mol. The molecule has 23 heavy (non-hydrogen) atoms. The van der Waals surface area contributed by atoms with E-state index in [0.717, 1.165) is 5.56 Å². The van der Waals surface area contributed by atoms with Crippen LogP contribution in [0, 0.1) is 0 Å². The highest BCUT2D eigenvalue weighted by Crippen LogP contribution is 2.24. The third kappa shape index (κ3) is 4.45. The normalized spacial score (nSPS) is 18.5. The van der Waals surface area contributed by atoms with Crippen molar-refractivity contribution in [2.45, 2.75) is 38.3 Å². The van der Waals surface area contributed by atoms with Crippen molar-refractivity contribution < 1.29 is 19.5 Å². The van der Waals surface area contributed by atoms with E-state index in [4.69, 9.17) is 11.6 Å². The Bertz CT molecular complexity index is 603. The van der Waals surface area contributed by atoms with Crippen LogP contribution in [0.4, 0.5) is 0 Å². The first kappa shape index (κ1) is 17.3. The molecule has 0 spiro atoms. The lowest BCUT2D eigenvalue weighted by atomic mass is 10.0. The zero-order valence-electron chi connectivity index (χ0n) is 12.8. The Labute approximate surface area is 139 Å². The molecule has 0 radical (unpaired) electrons. The molecule has 124 valence electrons. The number of carbonyl (C=O) groups excluding carboxylic acids is 2. The zero-order chi connectivity index (χ0) is 17.0. The molecule has 6 nitrogen and oxygen atoms in total. The van der Waals surface area contributed by atoms with E-state index in [9.17, 15) is 19.5 Å². The van der Waals surface area contributed by atoms with Crippen LogP contribution in [0.3, 0.4) is 0 Å². The molecule has 1 aliphatic heterocycles. The summed E-state index contributed by atoms with van der Waals surface area (Å²) >= 11 is 5.86. The first-order valence-corrected chi connectivity index (χ1v) is 7.81. The number of likely N-dealkylation sites (tertiary alicyclic amines) is 1. The standard InChI is InChI=1S/C16H19ClN2O4/c1-10(20)18-13(11-4-6-12(17)7-5-11)9-15(21)19-8-2-3-14(19)16(22)23/h4-7,13-14H,2-3,8-9H2,1H3,(H,18,20)(H,22,23)/t13-,14+/m0/s1. The summed E-state index contributed by atoms with van der Waals surface area (Å²) in [4.78, 5) is 36.5. The number of rotatable bonds is 5. The van der Waals surface area contributed by atoms with Gasteiger partial charge in [0.1, 0.15) is 6.04 Å². The van der Waals surface area contributed by atoms with Crippen LogP contribution in [0.5, 0.6) is 0 Å². The van der Waals surface area contributed by atoms with Gasteiger partial charge in [0, 0.05) is 18.5 Å². The quantitative estimate of drug-likeness (QED) is 0.859. The molecule has 2 atom stereocenters. The van der Waals surface area contributed by atoms with E-state index in [0.29, 0.717) is 24.4 Å². The first-order chi connectivity index (χ1) is 10.9. The van der Waals surface area contributed by atoms with E-state index < -0.39 is 18.1 Å². The Kier molecular flexibility index (Phi) is 5.60. The van der Waals surface area contributed by atoms with Crippen LogP contribution in [0.2, 0.25) is 5.02 Å². The monoisotopic (exact) mass is 338 g/mol. The van der Waals surface area contributed by atoms with Gasteiger partial charge in [0.2, 0.25) is 11.8 Å². The van der Waals surface area contributed by atoms with Crippen LogP contribution >= 0.6 is 11.6 Å². The van der Waals surface area contributed by atoms with Gasteiger partial charge >= 0.3 is 5.97 Å². The van der Waals surface area contributed by atoms with Crippen LogP contribution in [0.15, 0.2) is 24.3 Å². The van der Waals surface area contributed by atoms with E-state index >= 15 is 0 Å². The number of amides is 2. The van der Waals surface area contributed by atoms with Gasteiger partial charge in [0.25, 0.3) is 0 Å². The molecule has 1 aromatic carbocycles. The fraction of sp³-hybridized carbons (Fsp3) is 0.438. The molecule has 2 N–H and O–H groups in total. The van der Waals surface area contributed by atoms with E-state index in [1.807, 2.05) is 0 Å². The number of carboxylic acids is 1. The average Bonchev–Trinajstić information content (AvgIpc) is 2.96. The van der Waals surface area contributed by atoms with Crippen molar-refractivity contribution in [3.05, 3.63) is 34.9 Å². The van der Waals surface area contributed by atoms with Crippen LogP contribution in [-0.4, -0.2) is 40.4 Å². The van der Waals surface area contributed by atoms with Crippen LogP contribution in [-0.2, 0) is 14.4 Å². The lowest BCUT2D eigenvalue weighted by molar-refractivity contribution is -0.148. The number of nitrogens with one attached hydrogen (secondary N) is 1. The summed E-state index contributed by atoms with van der Waals surface area (Å²) in [6.07, 6.45) is 1.16. The Morgan fingerprint density at radius 3 is 2.57 bits per heavy atom. The summed E-state index contributed by atoms with van der Waals surface area (Å²) in [5, 5.41) is 12.5. The Morgan fingerprint density at radius 1 is 1.35 bits per heavy atom. The predicted octanol–water partition coefficient (Wildman–Crippen LogP) is 1.98. The SMILES string of the molecule is CC(=O)N[C@@H](CC(=O)N1CCC[C@@H]1C(=O)O)c1ccc(Cl)cc1. The maximum Gasteiger partial charge on any atom is 0.326 e. The summed E-state index contributed by atoms with van der Waals surface area (Å²) in [5.74, 6) is -1.52. The minimum absolute atomic E-state index is 0.0188. The van der Waals surface area contributed by atoms with E-state index in [2.05, 4.69) is 5.32 Å². The molecule has 0 bridgehead atoms. The third-order valence-electron chi connectivity index (χ3n) is 3.89. The van der Waals surface area contributed by atoms with E-state index in [-0.39, 0.29) is 18.2 Å². The van der Waals surface area contributed by atoms with Crippen LogP contribution in [0.1, 0.15) is 37.8 Å². The Morgan fingerprint density at radius 2 is 2.00 bits per heavy atom. The molecule has 1 aromatic rings. The largest absolute Gasteiger partial charge is 0.480 e. The van der Waals surface area contributed by atoms with Gasteiger partial charge in [-0.15, -0.1) is 0 Å². The smallest absolute Gasteiger partial charge is 0.326 e. The number of carboxylic acid groups (broad SMARTS) is 1. The topological polar surface area (TPSA) is 86.7 Å². The molecule has 7 heteroatoms. The van der Waals surface area contributed by atoms with Crippen molar-refractivity contribution in [2.75, 3.05) is 6.54 Å². The van der Waals surface area contributed by atoms with Gasteiger partial charge in [-0.1, -0.05) is 23.7 Å². The molecule has 1 heterocycles. The molecule has 0 aliphatic carbocycles. The Hall–Kier alpha value is -2.08. The molecule has 2 amide bonds. The highest BCUT2D eigenvalue weighted by Gasteiger charge is 2.34. The Balaban J connectivity index is 2.14. The second-order valence-electron chi connectivity index (χ2n) is 5.59. The van der Waals surface area contributed by atoms with Crippen molar-refractivity contribution >= 4 is 29.4 Å². The number of benzene rings is 1. The summed E-state index contributed by atoms with van der Waals surface area (Å²) in [7, 11) is 0. The summed E-state index contributed by atoms with van der Waals surface area (Å²) in [6, 6.07) is 5.58. The average molecular weight is 339 g/mol. The molecular formula is C16H19ClN2O4. The van der Waals surface area contributed by atoms with Crippen molar-refractivity contribution in [3.63, 3.8) is 0 Å². The van der Waals surface area contributed by atoms with Gasteiger partial charge < -0.3 is 15.3 Å². The zero-order valence-corrected chi connectivity index (χ0v) is 13.5. The number of halogens is 1. The second kappa shape index (κ2) is 7.46.